The van der Waals surface area contributed by atoms with Crippen molar-refractivity contribution in [3.63, 3.8) is 0 Å². The molecule has 0 unspecified atom stereocenters. The first-order valence-electron chi connectivity index (χ1n) is 7.01. The standard InChI is InChI=1S/C13H21N5O/c1-2-19-13-7-12(15-10-16-13)18-5-3-17(4-6-18)11-8-14-9-11/h7,10-11,14H,2-6,8-9H2,1H3. The number of hydrogen-bond acceptors (Lipinski definition) is 6. The second-order valence-electron chi connectivity index (χ2n) is 4.98. The molecule has 1 N–H and O–H groups in total. The number of rotatable bonds is 4. The van der Waals surface area contributed by atoms with Gasteiger partial charge in [-0.05, 0) is 6.92 Å². The molecule has 6 heteroatoms. The van der Waals surface area contributed by atoms with Crippen LogP contribution in [0.5, 0.6) is 5.88 Å². The van der Waals surface area contributed by atoms with Gasteiger partial charge in [-0.25, -0.2) is 9.97 Å². The van der Waals surface area contributed by atoms with Gasteiger partial charge in [0.2, 0.25) is 5.88 Å². The normalized spacial score (nSPS) is 21.2. The minimum atomic E-state index is 0.638. The van der Waals surface area contributed by atoms with E-state index in [1.165, 1.54) is 0 Å². The predicted molar refractivity (Wildman–Crippen MR) is 73.6 cm³/mol. The predicted octanol–water partition coefficient (Wildman–Crippen LogP) is -0.0309. The van der Waals surface area contributed by atoms with Crippen LogP contribution in [0.25, 0.3) is 0 Å². The fourth-order valence-corrected chi connectivity index (χ4v) is 2.58. The van der Waals surface area contributed by atoms with E-state index in [1.807, 2.05) is 13.0 Å². The van der Waals surface area contributed by atoms with Crippen LogP contribution in [0.1, 0.15) is 6.92 Å². The lowest BCUT2D eigenvalue weighted by Gasteiger charge is -2.43. The summed E-state index contributed by atoms with van der Waals surface area (Å²) in [5, 5.41) is 3.33. The first-order valence-corrected chi connectivity index (χ1v) is 7.01. The highest BCUT2D eigenvalue weighted by Gasteiger charge is 2.28. The molecule has 3 rings (SSSR count). The van der Waals surface area contributed by atoms with E-state index in [2.05, 4.69) is 25.1 Å². The molecule has 1 aromatic rings. The van der Waals surface area contributed by atoms with Crippen molar-refractivity contribution in [2.45, 2.75) is 13.0 Å². The highest BCUT2D eigenvalue weighted by molar-refractivity contribution is 5.41. The third-order valence-electron chi connectivity index (χ3n) is 3.83. The summed E-state index contributed by atoms with van der Waals surface area (Å²) in [4.78, 5) is 13.3. The third-order valence-corrected chi connectivity index (χ3v) is 3.83. The highest BCUT2D eigenvalue weighted by atomic mass is 16.5. The zero-order chi connectivity index (χ0) is 13.1. The quantitative estimate of drug-likeness (QED) is 0.823. The van der Waals surface area contributed by atoms with E-state index in [9.17, 15) is 0 Å². The maximum absolute atomic E-state index is 5.43. The SMILES string of the molecule is CCOc1cc(N2CCN(C3CNC3)CC2)ncn1. The first-order chi connectivity index (χ1) is 9.36. The van der Waals surface area contributed by atoms with E-state index >= 15 is 0 Å². The Bertz CT molecular complexity index is 415. The lowest BCUT2D eigenvalue weighted by atomic mass is 10.1. The summed E-state index contributed by atoms with van der Waals surface area (Å²) < 4.78 is 5.43. The van der Waals surface area contributed by atoms with Gasteiger partial charge < -0.3 is 15.0 Å². The molecule has 0 spiro atoms. The summed E-state index contributed by atoms with van der Waals surface area (Å²) in [5.41, 5.74) is 0. The van der Waals surface area contributed by atoms with Crippen LogP contribution < -0.4 is 15.0 Å². The summed E-state index contributed by atoms with van der Waals surface area (Å²) in [5.74, 6) is 1.64. The van der Waals surface area contributed by atoms with Gasteiger partial charge in [0.25, 0.3) is 0 Å². The summed E-state index contributed by atoms with van der Waals surface area (Å²) >= 11 is 0. The molecule has 0 saturated carbocycles. The van der Waals surface area contributed by atoms with Gasteiger partial charge in [-0.2, -0.15) is 0 Å². The molecule has 0 aliphatic carbocycles. The second-order valence-corrected chi connectivity index (χ2v) is 4.98. The van der Waals surface area contributed by atoms with Gasteiger partial charge in [0.1, 0.15) is 12.1 Å². The Kier molecular flexibility index (Phi) is 3.79. The summed E-state index contributed by atoms with van der Waals surface area (Å²) in [6.45, 7) is 9.16. The van der Waals surface area contributed by atoms with Gasteiger partial charge in [-0.1, -0.05) is 0 Å². The van der Waals surface area contributed by atoms with Crippen molar-refractivity contribution in [1.82, 2.24) is 20.2 Å². The summed E-state index contributed by atoms with van der Waals surface area (Å²) in [6, 6.07) is 2.68. The molecule has 6 nitrogen and oxygen atoms in total. The van der Waals surface area contributed by atoms with Crippen LogP contribution in [0.15, 0.2) is 12.4 Å². The van der Waals surface area contributed by atoms with Crippen molar-refractivity contribution < 1.29 is 4.74 Å². The zero-order valence-corrected chi connectivity index (χ0v) is 11.4. The smallest absolute Gasteiger partial charge is 0.218 e. The summed E-state index contributed by atoms with van der Waals surface area (Å²) in [7, 11) is 0. The molecule has 0 amide bonds. The molecule has 0 aromatic carbocycles. The molecule has 1 aromatic heterocycles. The van der Waals surface area contributed by atoms with Crippen molar-refractivity contribution in [2.24, 2.45) is 0 Å². The van der Waals surface area contributed by atoms with Crippen LogP contribution in [0.2, 0.25) is 0 Å². The van der Waals surface area contributed by atoms with Crippen molar-refractivity contribution in [1.29, 1.82) is 0 Å². The van der Waals surface area contributed by atoms with Gasteiger partial charge in [0.15, 0.2) is 0 Å². The van der Waals surface area contributed by atoms with Crippen LogP contribution in [-0.2, 0) is 0 Å². The number of nitrogens with one attached hydrogen (secondary N) is 1. The van der Waals surface area contributed by atoms with Gasteiger partial charge >= 0.3 is 0 Å². The van der Waals surface area contributed by atoms with Crippen molar-refractivity contribution in [3.8, 4) is 5.88 Å². The van der Waals surface area contributed by atoms with Crippen molar-refractivity contribution in [3.05, 3.63) is 12.4 Å². The lowest BCUT2D eigenvalue weighted by Crippen LogP contribution is -2.61. The van der Waals surface area contributed by atoms with Gasteiger partial charge in [-0.15, -0.1) is 0 Å². The average molecular weight is 263 g/mol. The Morgan fingerprint density at radius 2 is 2.05 bits per heavy atom. The number of nitrogens with zero attached hydrogens (tertiary/aromatic N) is 4. The van der Waals surface area contributed by atoms with Gasteiger partial charge in [-0.3, -0.25) is 4.90 Å². The van der Waals surface area contributed by atoms with Crippen molar-refractivity contribution >= 4 is 5.82 Å². The van der Waals surface area contributed by atoms with Crippen LogP contribution >= 0.6 is 0 Å². The maximum atomic E-state index is 5.43. The van der Waals surface area contributed by atoms with Gasteiger partial charge in [0.05, 0.1) is 6.61 Å². The average Bonchev–Trinajstić information content (AvgIpc) is 2.38. The molecule has 104 valence electrons. The van der Waals surface area contributed by atoms with E-state index < -0.39 is 0 Å². The molecular weight excluding hydrogens is 242 g/mol. The number of anilines is 1. The topological polar surface area (TPSA) is 53.5 Å². The van der Waals surface area contributed by atoms with E-state index in [4.69, 9.17) is 4.74 Å². The minimum Gasteiger partial charge on any atom is -0.478 e. The number of aromatic nitrogens is 2. The monoisotopic (exact) mass is 263 g/mol. The van der Waals surface area contributed by atoms with Crippen LogP contribution in [0.3, 0.4) is 0 Å². The van der Waals surface area contributed by atoms with Crippen LogP contribution in [0.4, 0.5) is 5.82 Å². The molecule has 2 fully saturated rings. The third kappa shape index (κ3) is 2.79. The molecule has 2 saturated heterocycles. The van der Waals surface area contributed by atoms with E-state index in [-0.39, 0.29) is 0 Å². The molecule has 0 bridgehead atoms. The zero-order valence-electron chi connectivity index (χ0n) is 11.4. The fourth-order valence-electron chi connectivity index (χ4n) is 2.58. The maximum Gasteiger partial charge on any atom is 0.218 e. The second kappa shape index (κ2) is 5.71. The Morgan fingerprint density at radius 1 is 1.26 bits per heavy atom. The number of ether oxygens (including phenoxy) is 1. The van der Waals surface area contributed by atoms with E-state index in [0.29, 0.717) is 12.5 Å². The Labute approximate surface area is 113 Å². The molecule has 0 atom stereocenters. The van der Waals surface area contributed by atoms with E-state index in [0.717, 1.165) is 51.1 Å². The fraction of sp³-hybridized carbons (Fsp3) is 0.692. The van der Waals surface area contributed by atoms with Crippen LogP contribution in [0, 0.1) is 0 Å². The first kappa shape index (κ1) is 12.6. The Hall–Kier alpha value is -1.40. The molecule has 2 aliphatic rings. The molecular formula is C13H21N5O. The summed E-state index contributed by atoms with van der Waals surface area (Å²) in [6.07, 6.45) is 1.59. The molecule has 0 radical (unpaired) electrons. The largest absolute Gasteiger partial charge is 0.478 e. The highest BCUT2D eigenvalue weighted by Crippen LogP contribution is 2.18. The lowest BCUT2D eigenvalue weighted by molar-refractivity contribution is 0.137. The molecule has 3 heterocycles. The molecule has 19 heavy (non-hydrogen) atoms. The Balaban J connectivity index is 1.59. The Morgan fingerprint density at radius 3 is 2.68 bits per heavy atom. The van der Waals surface area contributed by atoms with E-state index in [1.54, 1.807) is 6.33 Å². The molecule has 2 aliphatic heterocycles. The minimum absolute atomic E-state index is 0.638. The van der Waals surface area contributed by atoms with Crippen molar-refractivity contribution in [2.75, 3.05) is 50.8 Å². The van der Waals surface area contributed by atoms with Gasteiger partial charge in [0, 0.05) is 51.4 Å². The number of hydrogen-bond donors (Lipinski definition) is 1. The number of piperazine rings is 1. The van der Waals surface area contributed by atoms with Crippen LogP contribution in [-0.4, -0.2) is 66.8 Å².